The van der Waals surface area contributed by atoms with Crippen LogP contribution in [0.4, 0.5) is 17.6 Å². The Morgan fingerprint density at radius 1 is 0.333 bits per heavy atom. The van der Waals surface area contributed by atoms with Crippen molar-refractivity contribution in [2.45, 2.75) is 0 Å². The smallest absolute Gasteiger partial charge is 0.198 e. The largest absolute Gasteiger partial charge is 0.203 e. The molecule has 0 N–H and O–H groups in total. The summed E-state index contributed by atoms with van der Waals surface area (Å²) in [7, 11) is 0. The van der Waals surface area contributed by atoms with E-state index in [-0.39, 0.29) is 10.8 Å². The van der Waals surface area contributed by atoms with E-state index in [0.29, 0.717) is 16.2 Å². The minimum Gasteiger partial charge on any atom is -0.203 e. The zero-order chi connectivity index (χ0) is 20.6. The average Bonchev–Trinajstić information content (AvgIpc) is 2.79. The van der Waals surface area contributed by atoms with Gasteiger partial charge in [0.25, 0.3) is 0 Å². The van der Waals surface area contributed by atoms with Crippen molar-refractivity contribution in [2.24, 2.45) is 0 Å². The van der Waals surface area contributed by atoms with Crippen LogP contribution in [0.2, 0.25) is 0 Å². The molecule has 4 heteroatoms. The van der Waals surface area contributed by atoms with E-state index >= 15 is 4.39 Å². The van der Waals surface area contributed by atoms with Crippen LogP contribution in [0.3, 0.4) is 0 Å². The van der Waals surface area contributed by atoms with Crippen LogP contribution in [-0.4, -0.2) is 0 Å². The van der Waals surface area contributed by atoms with Crippen LogP contribution in [0.1, 0.15) is 0 Å². The highest BCUT2D eigenvalue weighted by molar-refractivity contribution is 6.32. The van der Waals surface area contributed by atoms with Gasteiger partial charge in [0.2, 0.25) is 0 Å². The second-order valence-corrected chi connectivity index (χ2v) is 7.46. The first-order chi connectivity index (χ1) is 14.6. The Morgan fingerprint density at radius 2 is 0.833 bits per heavy atom. The van der Waals surface area contributed by atoms with Gasteiger partial charge in [-0.15, -0.1) is 0 Å². The van der Waals surface area contributed by atoms with Gasteiger partial charge in [-0.1, -0.05) is 72.8 Å². The number of benzene rings is 6. The minimum absolute atomic E-state index is 0.241. The van der Waals surface area contributed by atoms with Crippen LogP contribution in [-0.2, 0) is 0 Å². The Balaban J connectivity index is 2.03. The number of hydrogen-bond donors (Lipinski definition) is 0. The molecule has 0 unspecified atom stereocenters. The van der Waals surface area contributed by atoms with Crippen LogP contribution >= 0.6 is 0 Å². The summed E-state index contributed by atoms with van der Waals surface area (Å²) in [4.78, 5) is 0. The lowest BCUT2D eigenvalue weighted by atomic mass is 9.90. The maximum absolute atomic E-state index is 15.0. The molecule has 6 aromatic rings. The summed E-state index contributed by atoms with van der Waals surface area (Å²) in [6, 6.07) is 22.2. The quantitative estimate of drug-likeness (QED) is 0.105. The third-order valence-electron chi connectivity index (χ3n) is 5.91. The molecule has 0 atom stereocenters. The van der Waals surface area contributed by atoms with Crippen molar-refractivity contribution in [1.29, 1.82) is 0 Å². The van der Waals surface area contributed by atoms with Gasteiger partial charge in [-0.3, -0.25) is 0 Å². The van der Waals surface area contributed by atoms with Gasteiger partial charge in [-0.25, -0.2) is 17.6 Å². The Morgan fingerprint density at radius 3 is 1.53 bits per heavy atom. The van der Waals surface area contributed by atoms with E-state index in [4.69, 9.17) is 0 Å². The fourth-order valence-corrected chi connectivity index (χ4v) is 4.56. The van der Waals surface area contributed by atoms with E-state index in [1.807, 2.05) is 54.6 Å². The maximum atomic E-state index is 15.0. The summed E-state index contributed by atoms with van der Waals surface area (Å²) in [6.07, 6.45) is 0. The zero-order valence-corrected chi connectivity index (χ0v) is 15.4. The molecule has 0 aliphatic heterocycles. The lowest BCUT2D eigenvalue weighted by Crippen LogP contribution is -1.99. The van der Waals surface area contributed by atoms with E-state index in [1.54, 1.807) is 12.1 Å². The lowest BCUT2D eigenvalue weighted by molar-refractivity contribution is 0.418. The van der Waals surface area contributed by atoms with Gasteiger partial charge < -0.3 is 0 Å². The van der Waals surface area contributed by atoms with Crippen molar-refractivity contribution in [2.75, 3.05) is 0 Å². The van der Waals surface area contributed by atoms with Crippen molar-refractivity contribution in [3.05, 3.63) is 96.1 Å². The molecule has 0 nitrogen and oxygen atoms in total. The second kappa shape index (κ2) is 5.92. The topological polar surface area (TPSA) is 0 Å². The second-order valence-electron chi connectivity index (χ2n) is 7.46. The van der Waals surface area contributed by atoms with Crippen LogP contribution in [0, 0.1) is 23.3 Å². The highest BCUT2D eigenvalue weighted by Crippen LogP contribution is 2.41. The first kappa shape index (κ1) is 17.2. The maximum Gasteiger partial charge on any atom is 0.198 e. The Bertz CT molecular complexity index is 1670. The fraction of sp³-hybridized carbons (Fsp3) is 0. The van der Waals surface area contributed by atoms with E-state index in [9.17, 15) is 13.2 Å². The summed E-state index contributed by atoms with van der Waals surface area (Å²) >= 11 is 0. The fourth-order valence-electron chi connectivity index (χ4n) is 4.56. The van der Waals surface area contributed by atoms with E-state index in [0.717, 1.165) is 26.9 Å². The van der Waals surface area contributed by atoms with Crippen molar-refractivity contribution < 1.29 is 17.6 Å². The SMILES string of the molecule is Fc1c(F)c(F)c2c(ccc3ccc4ccc5ccc6ccccc6c5c4c32)c1F. The molecule has 0 aromatic heterocycles. The molecular weight excluding hydrogens is 388 g/mol. The van der Waals surface area contributed by atoms with Gasteiger partial charge >= 0.3 is 0 Å². The molecule has 30 heavy (non-hydrogen) atoms. The average molecular weight is 400 g/mol. The van der Waals surface area contributed by atoms with Crippen molar-refractivity contribution >= 4 is 53.9 Å². The molecule has 0 aliphatic carbocycles. The van der Waals surface area contributed by atoms with Gasteiger partial charge in [-0.2, -0.15) is 0 Å². The molecule has 0 saturated carbocycles. The standard InChI is InChI=1S/C26H12F4/c27-23-18-12-11-16-10-9-15-8-7-14-6-5-13-3-1-2-4-17(13)19(14)20(15)21(16)22(18)24(28)26(30)25(23)29/h1-12H. The molecule has 0 spiro atoms. The molecule has 0 bridgehead atoms. The number of fused-ring (bicyclic) bond motifs is 9. The van der Waals surface area contributed by atoms with Crippen molar-refractivity contribution in [3.8, 4) is 0 Å². The number of rotatable bonds is 0. The summed E-state index contributed by atoms with van der Waals surface area (Å²) in [5.74, 6) is -6.35. The van der Waals surface area contributed by atoms with Gasteiger partial charge in [0.15, 0.2) is 23.3 Å². The summed E-state index contributed by atoms with van der Waals surface area (Å²) in [5, 5.41) is 5.73. The van der Waals surface area contributed by atoms with Crippen molar-refractivity contribution in [3.63, 3.8) is 0 Å². The van der Waals surface area contributed by atoms with Gasteiger partial charge in [0.05, 0.1) is 0 Å². The summed E-state index contributed by atoms with van der Waals surface area (Å²) in [6.45, 7) is 0. The lowest BCUT2D eigenvalue weighted by Gasteiger charge is -2.14. The highest BCUT2D eigenvalue weighted by Gasteiger charge is 2.23. The Labute approximate surface area is 168 Å². The molecular formula is C26H12F4. The molecule has 0 heterocycles. The molecule has 6 aromatic carbocycles. The molecule has 0 aliphatic rings. The normalized spacial score (nSPS) is 12.0. The van der Waals surface area contributed by atoms with Crippen molar-refractivity contribution in [1.82, 2.24) is 0 Å². The molecule has 0 saturated heterocycles. The van der Waals surface area contributed by atoms with E-state index in [1.165, 1.54) is 6.07 Å². The zero-order valence-electron chi connectivity index (χ0n) is 15.4. The van der Waals surface area contributed by atoms with Gasteiger partial charge in [0, 0.05) is 16.2 Å². The molecule has 0 fully saturated rings. The van der Waals surface area contributed by atoms with Crippen LogP contribution in [0.15, 0.2) is 72.8 Å². The first-order valence-electron chi connectivity index (χ1n) is 9.48. The van der Waals surface area contributed by atoms with Crippen LogP contribution < -0.4 is 0 Å². The van der Waals surface area contributed by atoms with E-state index < -0.39 is 23.3 Å². The minimum atomic E-state index is -1.80. The van der Waals surface area contributed by atoms with E-state index in [2.05, 4.69) is 0 Å². The highest BCUT2D eigenvalue weighted by atomic mass is 19.2. The molecule has 6 rings (SSSR count). The third kappa shape index (κ3) is 2.11. The summed E-state index contributed by atoms with van der Waals surface area (Å²) in [5.41, 5.74) is 0. The van der Waals surface area contributed by atoms with Gasteiger partial charge in [0.1, 0.15) is 0 Å². The summed E-state index contributed by atoms with van der Waals surface area (Å²) < 4.78 is 57.7. The van der Waals surface area contributed by atoms with Gasteiger partial charge in [-0.05, 0) is 37.7 Å². The Hall–Kier alpha value is -3.66. The molecule has 144 valence electrons. The van der Waals surface area contributed by atoms with Crippen LogP contribution in [0.5, 0.6) is 0 Å². The predicted octanol–water partition coefficient (Wildman–Crippen LogP) is 8.01. The Kier molecular flexibility index (Phi) is 3.40. The molecule has 0 radical (unpaired) electrons. The predicted molar refractivity (Wildman–Crippen MR) is 114 cm³/mol. The number of halogens is 4. The molecule has 0 amide bonds. The first-order valence-corrected chi connectivity index (χ1v) is 9.48. The third-order valence-corrected chi connectivity index (χ3v) is 5.91. The van der Waals surface area contributed by atoms with Crippen LogP contribution in [0.25, 0.3) is 53.9 Å². The number of hydrogen-bond acceptors (Lipinski definition) is 0. The monoisotopic (exact) mass is 400 g/mol.